The topological polar surface area (TPSA) is 56.7 Å². The smallest absolute Gasteiger partial charge is 0.248 e. The summed E-state index contributed by atoms with van der Waals surface area (Å²) in [5.41, 5.74) is -0.128. The highest BCUT2D eigenvalue weighted by atomic mass is 32.2. The molecule has 1 aromatic heterocycles. The molecule has 0 aliphatic carbocycles. The van der Waals surface area contributed by atoms with E-state index in [4.69, 9.17) is 5.41 Å². The summed E-state index contributed by atoms with van der Waals surface area (Å²) in [6.45, 7) is 1.68. The normalized spacial score (nSPS) is 9.55. The predicted octanol–water partition coefficient (Wildman–Crippen LogP) is 1.46. The molecule has 0 aliphatic rings. The molecule has 1 aromatic rings. The zero-order valence-electron chi connectivity index (χ0n) is 6.05. The fraction of sp³-hybridized carbons (Fsp3) is 0.143. The summed E-state index contributed by atoms with van der Waals surface area (Å²) >= 11 is 1.24. The van der Waals surface area contributed by atoms with Gasteiger partial charge < -0.3 is 4.98 Å². The van der Waals surface area contributed by atoms with E-state index >= 15 is 0 Å². The van der Waals surface area contributed by atoms with E-state index in [0.717, 1.165) is 0 Å². The van der Waals surface area contributed by atoms with E-state index in [9.17, 15) is 4.79 Å². The molecule has 0 aliphatic heterocycles. The highest BCUT2D eigenvalue weighted by molar-refractivity contribution is 8.13. The lowest BCUT2D eigenvalue weighted by Crippen LogP contribution is -2.03. The Bertz CT molecular complexity index is 318. The van der Waals surface area contributed by atoms with Gasteiger partial charge in [-0.3, -0.25) is 10.2 Å². The van der Waals surface area contributed by atoms with E-state index in [1.807, 2.05) is 0 Å². The van der Waals surface area contributed by atoms with E-state index in [2.05, 4.69) is 4.98 Å². The van der Waals surface area contributed by atoms with Crippen LogP contribution in [0.1, 0.15) is 6.92 Å². The van der Waals surface area contributed by atoms with E-state index < -0.39 is 0 Å². The van der Waals surface area contributed by atoms with Crippen molar-refractivity contribution in [3.8, 4) is 0 Å². The molecule has 0 bridgehead atoms. The zero-order valence-corrected chi connectivity index (χ0v) is 6.87. The standard InChI is InChI=1S/C7H8N2OS/c1-5(8)11-7-4-2-3-6(10)9-7/h2-4,8H,1H3,(H,9,10). The molecule has 1 heterocycles. The molecule has 0 radical (unpaired) electrons. The van der Waals surface area contributed by atoms with Crippen molar-refractivity contribution in [1.82, 2.24) is 4.98 Å². The average molecular weight is 168 g/mol. The summed E-state index contributed by atoms with van der Waals surface area (Å²) in [5.74, 6) is 0. The van der Waals surface area contributed by atoms with Crippen LogP contribution in [0.15, 0.2) is 28.0 Å². The van der Waals surface area contributed by atoms with Crippen LogP contribution < -0.4 is 5.56 Å². The first-order valence-electron chi connectivity index (χ1n) is 3.11. The molecule has 4 heteroatoms. The molecule has 3 nitrogen and oxygen atoms in total. The number of pyridine rings is 1. The fourth-order valence-electron chi connectivity index (χ4n) is 0.652. The van der Waals surface area contributed by atoms with Gasteiger partial charge in [0.25, 0.3) is 0 Å². The molecule has 0 fully saturated rings. The van der Waals surface area contributed by atoms with Crippen molar-refractivity contribution < 1.29 is 0 Å². The Morgan fingerprint density at radius 3 is 2.91 bits per heavy atom. The number of aromatic amines is 1. The van der Waals surface area contributed by atoms with Crippen LogP contribution in [0.5, 0.6) is 0 Å². The van der Waals surface area contributed by atoms with Gasteiger partial charge in [0.2, 0.25) is 5.56 Å². The van der Waals surface area contributed by atoms with Gasteiger partial charge in [-0.15, -0.1) is 0 Å². The second-order valence-electron chi connectivity index (χ2n) is 2.04. The van der Waals surface area contributed by atoms with E-state index in [0.29, 0.717) is 10.1 Å². The molecule has 0 unspecified atom stereocenters. The predicted molar refractivity (Wildman–Crippen MR) is 46.3 cm³/mol. The van der Waals surface area contributed by atoms with Crippen molar-refractivity contribution in [3.05, 3.63) is 28.6 Å². The fourth-order valence-corrected chi connectivity index (χ4v) is 1.28. The molecule has 11 heavy (non-hydrogen) atoms. The maximum Gasteiger partial charge on any atom is 0.248 e. The number of hydrogen-bond donors (Lipinski definition) is 2. The molecule has 0 atom stereocenters. The minimum Gasteiger partial charge on any atom is -0.317 e. The lowest BCUT2D eigenvalue weighted by atomic mass is 10.5. The van der Waals surface area contributed by atoms with E-state index in [-0.39, 0.29) is 5.56 Å². The number of hydrogen-bond acceptors (Lipinski definition) is 3. The molecule has 0 amide bonds. The van der Waals surface area contributed by atoms with Crippen molar-refractivity contribution in [2.45, 2.75) is 11.9 Å². The molecule has 1 rings (SSSR count). The van der Waals surface area contributed by atoms with Gasteiger partial charge in [0.1, 0.15) is 0 Å². The Labute approximate surface area is 68.4 Å². The van der Waals surface area contributed by atoms with Gasteiger partial charge in [-0.05, 0) is 13.0 Å². The van der Waals surface area contributed by atoms with Gasteiger partial charge in [0, 0.05) is 6.07 Å². The lowest BCUT2D eigenvalue weighted by molar-refractivity contribution is 1.08. The van der Waals surface area contributed by atoms with Gasteiger partial charge in [0.05, 0.1) is 10.1 Å². The van der Waals surface area contributed by atoms with Crippen molar-refractivity contribution in [2.24, 2.45) is 0 Å². The Morgan fingerprint density at radius 2 is 2.36 bits per heavy atom. The largest absolute Gasteiger partial charge is 0.317 e. The Balaban J connectivity index is 2.88. The highest BCUT2D eigenvalue weighted by Gasteiger charge is 1.93. The van der Waals surface area contributed by atoms with E-state index in [1.54, 1.807) is 19.1 Å². The van der Waals surface area contributed by atoms with Crippen LogP contribution in [0, 0.1) is 5.41 Å². The third kappa shape index (κ3) is 2.59. The number of nitrogens with one attached hydrogen (secondary N) is 2. The van der Waals surface area contributed by atoms with E-state index in [1.165, 1.54) is 17.8 Å². The first-order valence-corrected chi connectivity index (χ1v) is 3.92. The molecule has 2 N–H and O–H groups in total. The monoisotopic (exact) mass is 168 g/mol. The van der Waals surface area contributed by atoms with Crippen molar-refractivity contribution >= 4 is 16.8 Å². The maximum absolute atomic E-state index is 10.7. The maximum atomic E-state index is 10.7. The minimum absolute atomic E-state index is 0.128. The average Bonchev–Trinajstić information content (AvgIpc) is 1.85. The van der Waals surface area contributed by atoms with Crippen LogP contribution in [0.25, 0.3) is 0 Å². The molecular formula is C7H8N2OS. The molecule has 0 saturated heterocycles. The molecule has 0 spiro atoms. The van der Waals surface area contributed by atoms with Gasteiger partial charge in [-0.25, -0.2) is 0 Å². The van der Waals surface area contributed by atoms with Crippen molar-refractivity contribution in [2.75, 3.05) is 0 Å². The molecule has 0 aromatic carbocycles. The minimum atomic E-state index is -0.128. The second-order valence-corrected chi connectivity index (χ2v) is 3.29. The number of rotatable bonds is 1. The van der Waals surface area contributed by atoms with Gasteiger partial charge >= 0.3 is 0 Å². The number of aromatic nitrogens is 1. The summed E-state index contributed by atoms with van der Waals surface area (Å²) in [6.07, 6.45) is 0. The van der Waals surface area contributed by atoms with Crippen LogP contribution >= 0.6 is 11.8 Å². The summed E-state index contributed by atoms with van der Waals surface area (Å²) in [6, 6.07) is 4.89. The number of H-pyrrole nitrogens is 1. The van der Waals surface area contributed by atoms with Crippen LogP contribution in [0.4, 0.5) is 0 Å². The highest BCUT2D eigenvalue weighted by Crippen LogP contribution is 2.12. The van der Waals surface area contributed by atoms with Crippen LogP contribution in [-0.4, -0.2) is 10.0 Å². The molecular weight excluding hydrogens is 160 g/mol. The first-order chi connectivity index (χ1) is 5.18. The second kappa shape index (κ2) is 3.39. The lowest BCUT2D eigenvalue weighted by Gasteiger charge is -1.95. The van der Waals surface area contributed by atoms with Gasteiger partial charge in [-0.2, -0.15) is 0 Å². The summed E-state index contributed by atoms with van der Waals surface area (Å²) in [7, 11) is 0. The third-order valence-corrected chi connectivity index (χ3v) is 1.77. The number of thioether (sulfide) groups is 1. The summed E-state index contributed by atoms with van der Waals surface area (Å²) in [4.78, 5) is 13.3. The van der Waals surface area contributed by atoms with Gasteiger partial charge in [-0.1, -0.05) is 17.8 Å². The van der Waals surface area contributed by atoms with Crippen molar-refractivity contribution in [3.63, 3.8) is 0 Å². The Kier molecular flexibility index (Phi) is 2.48. The van der Waals surface area contributed by atoms with Crippen LogP contribution in [0.2, 0.25) is 0 Å². The third-order valence-electron chi connectivity index (χ3n) is 1.00. The molecule has 58 valence electrons. The Morgan fingerprint density at radius 1 is 1.64 bits per heavy atom. The quantitative estimate of drug-likeness (QED) is 0.379. The van der Waals surface area contributed by atoms with Gasteiger partial charge in [0.15, 0.2) is 0 Å². The van der Waals surface area contributed by atoms with Crippen molar-refractivity contribution in [1.29, 1.82) is 5.41 Å². The SMILES string of the molecule is CC(=N)Sc1cccc(=O)[nH]1. The first kappa shape index (κ1) is 8.07. The van der Waals surface area contributed by atoms with Crippen LogP contribution in [0.3, 0.4) is 0 Å². The summed E-state index contributed by atoms with van der Waals surface area (Å²) < 4.78 is 0. The zero-order chi connectivity index (χ0) is 8.27. The molecule has 0 saturated carbocycles. The van der Waals surface area contributed by atoms with Crippen LogP contribution in [-0.2, 0) is 0 Å². The Hall–Kier alpha value is -1.03. The summed E-state index contributed by atoms with van der Waals surface area (Å²) in [5, 5.41) is 8.32.